The van der Waals surface area contributed by atoms with Crippen molar-refractivity contribution in [2.45, 2.75) is 5.41 Å². The van der Waals surface area contributed by atoms with E-state index < -0.39 is 5.41 Å². The van der Waals surface area contributed by atoms with Crippen LogP contribution in [0.1, 0.15) is 22.3 Å². The van der Waals surface area contributed by atoms with Crippen LogP contribution in [-0.2, 0) is 5.41 Å². The second-order valence-electron chi connectivity index (χ2n) is 16.1. The lowest BCUT2D eigenvalue weighted by Gasteiger charge is -2.35. The maximum absolute atomic E-state index is 5.38. The van der Waals surface area contributed by atoms with Crippen molar-refractivity contribution in [1.82, 2.24) is 9.97 Å². The summed E-state index contributed by atoms with van der Waals surface area (Å²) in [6.07, 6.45) is 0. The Morgan fingerprint density at radius 1 is 0.230 bits per heavy atom. The summed E-state index contributed by atoms with van der Waals surface area (Å²) in [6.45, 7) is 0. The van der Waals surface area contributed by atoms with Gasteiger partial charge in [0.1, 0.15) is 0 Å². The Morgan fingerprint density at radius 3 is 1.13 bits per heavy atom. The Labute approximate surface area is 356 Å². The van der Waals surface area contributed by atoms with Gasteiger partial charge in [-0.1, -0.05) is 200 Å². The normalized spacial score (nSPS) is 12.7. The van der Waals surface area contributed by atoms with E-state index in [4.69, 9.17) is 9.97 Å². The summed E-state index contributed by atoms with van der Waals surface area (Å²) in [5.74, 6) is 0.692. The second-order valence-corrected chi connectivity index (χ2v) is 16.1. The fourth-order valence-electron chi connectivity index (χ4n) is 10.0. The maximum atomic E-state index is 5.38. The van der Waals surface area contributed by atoms with Crippen molar-refractivity contribution in [3.8, 4) is 89.5 Å². The molecule has 0 N–H and O–H groups in total. The molecule has 61 heavy (non-hydrogen) atoms. The summed E-state index contributed by atoms with van der Waals surface area (Å²) in [5.41, 5.74) is 21.5. The minimum absolute atomic E-state index is 0.533. The van der Waals surface area contributed by atoms with Crippen LogP contribution in [0.5, 0.6) is 0 Å². The van der Waals surface area contributed by atoms with Gasteiger partial charge in [-0.15, -0.1) is 0 Å². The number of hydrogen-bond acceptors (Lipinski definition) is 2. The lowest BCUT2D eigenvalue weighted by molar-refractivity contribution is 0.775. The van der Waals surface area contributed by atoms with Crippen LogP contribution < -0.4 is 0 Å². The molecule has 12 rings (SSSR count). The highest BCUT2D eigenvalue weighted by Crippen LogP contribution is 2.61. The lowest BCUT2D eigenvalue weighted by Crippen LogP contribution is -2.29. The topological polar surface area (TPSA) is 25.8 Å². The Bertz CT molecular complexity index is 3190. The molecule has 0 unspecified atom stereocenters. The van der Waals surface area contributed by atoms with Crippen molar-refractivity contribution in [2.24, 2.45) is 0 Å². The van der Waals surface area contributed by atoms with Gasteiger partial charge in [0.25, 0.3) is 0 Å². The fourth-order valence-corrected chi connectivity index (χ4v) is 10.0. The predicted molar refractivity (Wildman–Crippen MR) is 251 cm³/mol. The number of hydrogen-bond donors (Lipinski definition) is 0. The smallest absolute Gasteiger partial charge is 0.160 e. The highest BCUT2D eigenvalue weighted by Gasteiger charge is 2.49. The molecular formula is C59H38N2. The number of benzene rings is 9. The molecule has 0 fully saturated rings. The van der Waals surface area contributed by atoms with Gasteiger partial charge >= 0.3 is 0 Å². The fraction of sp³-hybridized carbons (Fsp3) is 0.0169. The first-order chi connectivity index (χ1) is 30.2. The summed E-state index contributed by atoms with van der Waals surface area (Å²) in [7, 11) is 0. The number of nitrogens with zero attached hydrogens (tertiary/aromatic N) is 2. The van der Waals surface area contributed by atoms with Crippen LogP contribution in [0.4, 0.5) is 0 Å². The van der Waals surface area contributed by atoms with Crippen LogP contribution in [0.25, 0.3) is 89.5 Å². The van der Waals surface area contributed by atoms with Crippen LogP contribution in [0.3, 0.4) is 0 Å². The Morgan fingerprint density at radius 2 is 0.607 bits per heavy atom. The zero-order chi connectivity index (χ0) is 40.3. The molecule has 0 bridgehead atoms. The number of fused-ring (bicyclic) bond motifs is 12. The molecule has 2 heteroatoms. The molecular weight excluding hydrogens is 737 g/mol. The second kappa shape index (κ2) is 14.1. The summed E-state index contributed by atoms with van der Waals surface area (Å²) < 4.78 is 0. The Hall–Kier alpha value is -7.94. The van der Waals surface area contributed by atoms with Crippen molar-refractivity contribution < 1.29 is 0 Å². The van der Waals surface area contributed by atoms with E-state index in [1.165, 1.54) is 55.6 Å². The van der Waals surface area contributed by atoms with E-state index in [1.54, 1.807) is 0 Å². The number of aromatic nitrogens is 2. The first-order valence-corrected chi connectivity index (χ1v) is 21.0. The number of rotatable bonds is 5. The zero-order valence-electron chi connectivity index (χ0n) is 33.3. The largest absolute Gasteiger partial charge is 0.228 e. The molecule has 2 nitrogen and oxygen atoms in total. The quantitative estimate of drug-likeness (QED) is 0.174. The van der Waals surface area contributed by atoms with Crippen LogP contribution in [-0.4, -0.2) is 9.97 Å². The van der Waals surface area contributed by atoms with Gasteiger partial charge < -0.3 is 0 Å². The summed E-state index contributed by atoms with van der Waals surface area (Å²) >= 11 is 0. The molecule has 9 aromatic carbocycles. The van der Waals surface area contributed by atoms with E-state index in [2.05, 4.69) is 224 Å². The molecule has 0 atom stereocenters. The molecule has 1 heterocycles. The molecule has 10 aromatic rings. The molecule has 1 spiro atoms. The SMILES string of the molecule is c1ccc(-c2cc(-c3ccccc3)cc(-c3cc(-c4ccc5c(c4)-c4ccccc4-c4ccccc4C54c5ccccc5-c5ccccc54)nc(-c4ccccc4)n3)c2)cc1. The van der Waals surface area contributed by atoms with Crippen molar-refractivity contribution in [1.29, 1.82) is 0 Å². The first kappa shape index (κ1) is 35.0. The molecule has 0 saturated heterocycles. The highest BCUT2D eigenvalue weighted by molar-refractivity contribution is 5.98. The Balaban J connectivity index is 1.12. The van der Waals surface area contributed by atoms with Crippen molar-refractivity contribution >= 4 is 0 Å². The van der Waals surface area contributed by atoms with Crippen molar-refractivity contribution in [2.75, 3.05) is 0 Å². The van der Waals surface area contributed by atoms with Gasteiger partial charge in [-0.3, -0.25) is 0 Å². The molecule has 2 aliphatic rings. The standard InChI is InChI=1S/C59H38N2/c1-4-18-39(19-5-1)43-34-44(40-20-6-2-7-21-40)36-45(35-43)57-38-56(60-58(61-57)41-22-8-3-9-23-41)42-32-33-55-51(37-42)47-25-11-10-24-46(47)48-26-12-15-29-52(48)59(55)53-30-16-13-27-49(53)50-28-14-17-31-54(50)59/h1-38H. The highest BCUT2D eigenvalue weighted by atomic mass is 14.9. The predicted octanol–water partition coefficient (Wildman–Crippen LogP) is 14.8. The van der Waals surface area contributed by atoms with E-state index in [-0.39, 0.29) is 0 Å². The molecule has 284 valence electrons. The first-order valence-electron chi connectivity index (χ1n) is 21.0. The van der Waals surface area contributed by atoms with Crippen LogP contribution in [0, 0.1) is 0 Å². The van der Waals surface area contributed by atoms with Crippen LogP contribution in [0.2, 0.25) is 0 Å². The van der Waals surface area contributed by atoms with Gasteiger partial charge in [0.15, 0.2) is 5.82 Å². The molecule has 1 aromatic heterocycles. The minimum atomic E-state index is -0.533. The van der Waals surface area contributed by atoms with Gasteiger partial charge in [-0.05, 0) is 108 Å². The minimum Gasteiger partial charge on any atom is -0.228 e. The van der Waals surface area contributed by atoms with E-state index in [9.17, 15) is 0 Å². The summed E-state index contributed by atoms with van der Waals surface area (Å²) in [4.78, 5) is 10.7. The van der Waals surface area contributed by atoms with Crippen LogP contribution in [0.15, 0.2) is 231 Å². The van der Waals surface area contributed by atoms with Gasteiger partial charge in [0, 0.05) is 16.7 Å². The summed E-state index contributed by atoms with van der Waals surface area (Å²) in [5, 5.41) is 0. The maximum Gasteiger partial charge on any atom is 0.160 e. The van der Waals surface area contributed by atoms with Gasteiger partial charge in [-0.2, -0.15) is 0 Å². The molecule has 2 aliphatic carbocycles. The average molecular weight is 775 g/mol. The Kier molecular flexibility index (Phi) is 8.11. The third-order valence-electron chi connectivity index (χ3n) is 12.7. The van der Waals surface area contributed by atoms with Gasteiger partial charge in [0.05, 0.1) is 16.8 Å². The van der Waals surface area contributed by atoms with Crippen LogP contribution >= 0.6 is 0 Å². The lowest BCUT2D eigenvalue weighted by atomic mass is 9.66. The molecule has 0 saturated carbocycles. The van der Waals surface area contributed by atoms with Crippen molar-refractivity contribution in [3.05, 3.63) is 253 Å². The van der Waals surface area contributed by atoms with Gasteiger partial charge in [0.2, 0.25) is 0 Å². The van der Waals surface area contributed by atoms with E-state index in [0.717, 1.165) is 50.3 Å². The zero-order valence-corrected chi connectivity index (χ0v) is 33.3. The average Bonchev–Trinajstić information content (AvgIpc) is 3.59. The third kappa shape index (κ3) is 5.57. The summed E-state index contributed by atoms with van der Waals surface area (Å²) in [6, 6.07) is 83.6. The van der Waals surface area contributed by atoms with Crippen molar-refractivity contribution in [3.63, 3.8) is 0 Å². The molecule has 0 aliphatic heterocycles. The molecule has 0 amide bonds. The van der Waals surface area contributed by atoms with E-state index in [0.29, 0.717) is 5.82 Å². The van der Waals surface area contributed by atoms with Gasteiger partial charge in [-0.25, -0.2) is 9.97 Å². The third-order valence-corrected chi connectivity index (χ3v) is 12.7. The molecule has 0 radical (unpaired) electrons. The monoisotopic (exact) mass is 774 g/mol. The van der Waals surface area contributed by atoms with E-state index in [1.807, 2.05) is 6.07 Å². The van der Waals surface area contributed by atoms with E-state index >= 15 is 0 Å².